The van der Waals surface area contributed by atoms with E-state index in [0.717, 1.165) is 16.9 Å². The number of rotatable bonds is 4. The molecule has 0 atom stereocenters. The summed E-state index contributed by atoms with van der Waals surface area (Å²) in [7, 11) is 1.66. The predicted octanol–water partition coefficient (Wildman–Crippen LogP) is 3.68. The van der Waals surface area contributed by atoms with E-state index in [1.165, 1.54) is 0 Å². The average molecular weight is 261 g/mol. The van der Waals surface area contributed by atoms with E-state index in [-0.39, 0.29) is 1.43 Å². The van der Waals surface area contributed by atoms with Gasteiger partial charge in [-0.2, -0.15) is 0 Å². The molecule has 0 unspecified atom stereocenters. The second-order valence-electron chi connectivity index (χ2n) is 3.79. The summed E-state index contributed by atoms with van der Waals surface area (Å²) in [6.45, 7) is 6.67. The van der Waals surface area contributed by atoms with Gasteiger partial charge in [-0.15, -0.1) is 0 Å². The van der Waals surface area contributed by atoms with Crippen molar-refractivity contribution < 1.29 is 6.16 Å². The quantitative estimate of drug-likeness (QED) is 0.912. The Morgan fingerprint density at radius 1 is 1.11 bits per heavy atom. The van der Waals surface area contributed by atoms with Gasteiger partial charge in [-0.25, -0.2) is 9.97 Å². The first-order valence-corrected chi connectivity index (χ1v) is 6.43. The van der Waals surface area contributed by atoms with Crippen LogP contribution in [0.3, 0.4) is 0 Å². The van der Waals surface area contributed by atoms with Gasteiger partial charge in [0.1, 0.15) is 5.75 Å². The molecule has 0 radical (unpaired) electrons. The van der Waals surface area contributed by atoms with Crippen molar-refractivity contribution >= 4 is 5.95 Å². The molecule has 0 bridgehead atoms. The van der Waals surface area contributed by atoms with Crippen LogP contribution in [0.15, 0.2) is 36.7 Å². The molecule has 0 fully saturated rings. The van der Waals surface area contributed by atoms with Crippen LogP contribution in [0.5, 0.6) is 5.75 Å². The maximum atomic E-state index is 5.10. The third-order valence-corrected chi connectivity index (χ3v) is 2.39. The van der Waals surface area contributed by atoms with Gasteiger partial charge < -0.3 is 10.1 Å². The molecule has 1 heterocycles. The predicted molar refractivity (Wildman–Crippen MR) is 80.6 cm³/mol. The van der Waals surface area contributed by atoms with E-state index < -0.39 is 0 Å². The molecule has 0 aliphatic heterocycles. The fraction of sp³-hybridized carbons (Fsp3) is 0.333. The Kier molecular flexibility index (Phi) is 6.36. The molecule has 19 heavy (non-hydrogen) atoms. The summed E-state index contributed by atoms with van der Waals surface area (Å²) in [5.74, 6) is 1.51. The van der Waals surface area contributed by atoms with E-state index in [1.807, 2.05) is 45.0 Å². The summed E-state index contributed by atoms with van der Waals surface area (Å²) in [6.07, 6.45) is 3.59. The van der Waals surface area contributed by atoms with Crippen molar-refractivity contribution in [1.82, 2.24) is 9.97 Å². The minimum absolute atomic E-state index is 0. The Labute approximate surface area is 116 Å². The Hall–Kier alpha value is -2.10. The average Bonchev–Trinajstić information content (AvgIpc) is 2.49. The van der Waals surface area contributed by atoms with Crippen molar-refractivity contribution in [3.05, 3.63) is 47.8 Å². The molecule has 2 aromatic rings. The van der Waals surface area contributed by atoms with Crippen LogP contribution in [-0.2, 0) is 6.54 Å². The number of hydrogen-bond donors (Lipinski definition) is 1. The zero-order valence-corrected chi connectivity index (χ0v) is 12.0. The van der Waals surface area contributed by atoms with Gasteiger partial charge in [0, 0.05) is 20.4 Å². The number of benzene rings is 1. The van der Waals surface area contributed by atoms with Gasteiger partial charge in [-0.05, 0) is 30.2 Å². The van der Waals surface area contributed by atoms with Crippen molar-refractivity contribution in [3.63, 3.8) is 0 Å². The van der Waals surface area contributed by atoms with Gasteiger partial charge in [-0.1, -0.05) is 26.0 Å². The monoisotopic (exact) mass is 261 g/mol. The second-order valence-corrected chi connectivity index (χ2v) is 3.79. The highest BCUT2D eigenvalue weighted by atomic mass is 16.5. The molecule has 0 spiro atoms. The number of nitrogens with one attached hydrogen (secondary N) is 1. The lowest BCUT2D eigenvalue weighted by atomic mass is 10.2. The molecular formula is C15H23N3O. The van der Waals surface area contributed by atoms with E-state index >= 15 is 0 Å². The molecule has 4 heteroatoms. The summed E-state index contributed by atoms with van der Waals surface area (Å²) in [5, 5.41) is 3.16. The normalized spacial score (nSPS) is 9.26. The number of ether oxygens (including phenoxy) is 1. The summed E-state index contributed by atoms with van der Waals surface area (Å²) in [4.78, 5) is 8.36. The molecule has 1 aromatic heterocycles. The summed E-state index contributed by atoms with van der Waals surface area (Å²) < 4.78 is 5.10. The minimum atomic E-state index is 0. The first kappa shape index (κ1) is 15.0. The lowest BCUT2D eigenvalue weighted by Crippen LogP contribution is -2.03. The van der Waals surface area contributed by atoms with E-state index in [9.17, 15) is 0 Å². The SMILES string of the molecule is CC.COc1ccc(CNc2ncc(C)cn2)cc1.[HH]. The largest absolute Gasteiger partial charge is 0.497 e. The van der Waals surface area contributed by atoms with Crippen molar-refractivity contribution in [3.8, 4) is 5.75 Å². The van der Waals surface area contributed by atoms with Gasteiger partial charge in [-0.3, -0.25) is 0 Å². The van der Waals surface area contributed by atoms with Crippen LogP contribution < -0.4 is 10.1 Å². The first-order chi connectivity index (χ1) is 9.28. The molecule has 0 saturated heterocycles. The Bertz CT molecular complexity index is 471. The van der Waals surface area contributed by atoms with Crippen molar-refractivity contribution in [2.24, 2.45) is 0 Å². The molecule has 104 valence electrons. The zero-order chi connectivity index (χ0) is 14.1. The standard InChI is InChI=1S/C13H15N3O.C2H6.H2/c1-10-7-14-13(15-8-10)16-9-11-3-5-12(17-2)6-4-11;1-2;/h3-8H,9H2,1-2H3,(H,14,15,16);1-2H3;1H. The number of anilines is 1. The van der Waals surface area contributed by atoms with Gasteiger partial charge >= 0.3 is 0 Å². The second kappa shape index (κ2) is 8.08. The topological polar surface area (TPSA) is 47.0 Å². The minimum Gasteiger partial charge on any atom is -0.497 e. The van der Waals surface area contributed by atoms with Crippen LogP contribution >= 0.6 is 0 Å². The first-order valence-electron chi connectivity index (χ1n) is 6.43. The van der Waals surface area contributed by atoms with Crippen LogP contribution in [0.4, 0.5) is 5.95 Å². The number of methoxy groups -OCH3 is 1. The van der Waals surface area contributed by atoms with Crippen LogP contribution in [0.1, 0.15) is 26.4 Å². The molecule has 1 N–H and O–H groups in total. The zero-order valence-electron chi connectivity index (χ0n) is 12.0. The molecule has 0 aliphatic carbocycles. The smallest absolute Gasteiger partial charge is 0.222 e. The molecule has 0 saturated carbocycles. The molecule has 2 rings (SSSR count). The third-order valence-electron chi connectivity index (χ3n) is 2.39. The van der Waals surface area contributed by atoms with Crippen LogP contribution in [0.25, 0.3) is 0 Å². The molecule has 4 nitrogen and oxygen atoms in total. The summed E-state index contributed by atoms with van der Waals surface area (Å²) in [6, 6.07) is 7.90. The number of aromatic nitrogens is 2. The highest BCUT2D eigenvalue weighted by Crippen LogP contribution is 2.12. The lowest BCUT2D eigenvalue weighted by molar-refractivity contribution is 0.414. The summed E-state index contributed by atoms with van der Waals surface area (Å²) in [5.41, 5.74) is 2.22. The number of aryl methyl sites for hydroxylation is 1. The fourth-order valence-electron chi connectivity index (χ4n) is 1.41. The van der Waals surface area contributed by atoms with E-state index in [2.05, 4.69) is 15.3 Å². The molecule has 0 aliphatic rings. The van der Waals surface area contributed by atoms with Crippen molar-refractivity contribution in [2.45, 2.75) is 27.3 Å². The highest BCUT2D eigenvalue weighted by molar-refractivity contribution is 5.31. The molecular weight excluding hydrogens is 238 g/mol. The van der Waals surface area contributed by atoms with Crippen LogP contribution in [-0.4, -0.2) is 17.1 Å². The van der Waals surface area contributed by atoms with Gasteiger partial charge in [0.15, 0.2) is 0 Å². The Morgan fingerprint density at radius 3 is 2.21 bits per heavy atom. The van der Waals surface area contributed by atoms with Crippen LogP contribution in [0.2, 0.25) is 0 Å². The lowest BCUT2D eigenvalue weighted by Gasteiger charge is -2.05. The number of hydrogen-bond acceptors (Lipinski definition) is 4. The van der Waals surface area contributed by atoms with Crippen LogP contribution in [0, 0.1) is 6.92 Å². The molecule has 0 amide bonds. The van der Waals surface area contributed by atoms with E-state index in [0.29, 0.717) is 12.5 Å². The van der Waals surface area contributed by atoms with Gasteiger partial charge in [0.05, 0.1) is 7.11 Å². The van der Waals surface area contributed by atoms with E-state index in [1.54, 1.807) is 19.5 Å². The Morgan fingerprint density at radius 2 is 1.68 bits per heavy atom. The summed E-state index contributed by atoms with van der Waals surface area (Å²) >= 11 is 0. The fourth-order valence-corrected chi connectivity index (χ4v) is 1.41. The number of nitrogens with zero attached hydrogens (tertiary/aromatic N) is 2. The van der Waals surface area contributed by atoms with Gasteiger partial charge in [0.25, 0.3) is 0 Å². The maximum absolute atomic E-state index is 5.10. The Balaban J connectivity index is 0.00000115. The molecule has 1 aromatic carbocycles. The van der Waals surface area contributed by atoms with Crippen molar-refractivity contribution in [2.75, 3.05) is 12.4 Å². The van der Waals surface area contributed by atoms with Crippen molar-refractivity contribution in [1.29, 1.82) is 0 Å². The highest BCUT2D eigenvalue weighted by Gasteiger charge is 1.97. The maximum Gasteiger partial charge on any atom is 0.222 e. The van der Waals surface area contributed by atoms with E-state index in [4.69, 9.17) is 4.74 Å². The van der Waals surface area contributed by atoms with Gasteiger partial charge in [0.2, 0.25) is 5.95 Å². The third kappa shape index (κ3) is 4.95.